The first-order chi connectivity index (χ1) is 7.00. The number of halogens is 4. The van der Waals surface area contributed by atoms with Gasteiger partial charge in [-0.1, -0.05) is 12.7 Å². The second-order valence-electron chi connectivity index (χ2n) is 2.81. The van der Waals surface area contributed by atoms with Gasteiger partial charge in [-0.25, -0.2) is 13.2 Å². The average Bonchev–Trinajstić information content (AvgIpc) is 2.24. The van der Waals surface area contributed by atoms with E-state index in [2.05, 4.69) is 6.58 Å². The summed E-state index contributed by atoms with van der Waals surface area (Å²) in [6, 6.07) is 0. The molecule has 0 amide bonds. The van der Waals surface area contributed by atoms with Crippen LogP contribution < -0.4 is 4.74 Å². The Kier molecular flexibility index (Phi) is 3.34. The quantitative estimate of drug-likeness (QED) is 0.329. The molecule has 0 aromatic heterocycles. The molecule has 5 heteroatoms. The van der Waals surface area contributed by atoms with Gasteiger partial charge in [0.15, 0.2) is 17.4 Å². The van der Waals surface area contributed by atoms with Gasteiger partial charge in [0.05, 0.1) is 0 Å². The minimum atomic E-state index is -1.88. The van der Waals surface area contributed by atoms with Crippen molar-refractivity contribution in [3.8, 4) is 5.75 Å². The van der Waals surface area contributed by atoms with E-state index >= 15 is 0 Å². The molecule has 0 bridgehead atoms. The molecular formula is C10H8F4O. The summed E-state index contributed by atoms with van der Waals surface area (Å²) >= 11 is 0. The Bertz CT molecular complexity index is 372. The highest BCUT2D eigenvalue weighted by atomic mass is 19.2. The lowest BCUT2D eigenvalue weighted by Crippen LogP contribution is -2.05. The van der Waals surface area contributed by atoms with E-state index in [1.54, 1.807) is 0 Å². The SMILES string of the molecule is C=CCOc1c(C)c(F)c(F)c(F)c1F. The fraction of sp³-hybridized carbons (Fsp3) is 0.200. The molecule has 0 aliphatic heterocycles. The van der Waals surface area contributed by atoms with E-state index < -0.39 is 34.6 Å². The first-order valence-corrected chi connectivity index (χ1v) is 4.07. The molecule has 0 atom stereocenters. The Hall–Kier alpha value is -1.52. The van der Waals surface area contributed by atoms with Crippen molar-refractivity contribution in [1.82, 2.24) is 0 Å². The van der Waals surface area contributed by atoms with Gasteiger partial charge in [0, 0.05) is 5.56 Å². The second-order valence-corrected chi connectivity index (χ2v) is 2.81. The van der Waals surface area contributed by atoms with Crippen molar-refractivity contribution in [2.24, 2.45) is 0 Å². The van der Waals surface area contributed by atoms with E-state index in [1.807, 2.05) is 0 Å². The van der Waals surface area contributed by atoms with Crippen molar-refractivity contribution in [2.45, 2.75) is 6.92 Å². The van der Waals surface area contributed by atoms with E-state index in [9.17, 15) is 17.6 Å². The molecule has 0 fully saturated rings. The summed E-state index contributed by atoms with van der Waals surface area (Å²) < 4.78 is 56.2. The van der Waals surface area contributed by atoms with Gasteiger partial charge in [0.2, 0.25) is 11.6 Å². The molecule has 0 radical (unpaired) electrons. The number of hydrogen-bond acceptors (Lipinski definition) is 1. The summed E-state index contributed by atoms with van der Waals surface area (Å²) in [4.78, 5) is 0. The molecule has 1 nitrogen and oxygen atoms in total. The molecular weight excluding hydrogens is 212 g/mol. The first-order valence-electron chi connectivity index (χ1n) is 4.07. The van der Waals surface area contributed by atoms with Crippen molar-refractivity contribution in [3.05, 3.63) is 41.5 Å². The summed E-state index contributed by atoms with van der Waals surface area (Å²) in [6.45, 7) is 4.26. The first kappa shape index (κ1) is 11.6. The normalized spacial score (nSPS) is 10.2. The van der Waals surface area contributed by atoms with Crippen LogP contribution in [0.5, 0.6) is 5.75 Å². The lowest BCUT2D eigenvalue weighted by Gasteiger charge is -2.10. The van der Waals surface area contributed by atoms with Gasteiger partial charge in [-0.15, -0.1) is 0 Å². The van der Waals surface area contributed by atoms with Gasteiger partial charge in [-0.3, -0.25) is 0 Å². The van der Waals surface area contributed by atoms with Gasteiger partial charge in [0.25, 0.3) is 0 Å². The third kappa shape index (κ3) is 1.95. The van der Waals surface area contributed by atoms with Crippen LogP contribution in [0.25, 0.3) is 0 Å². The molecule has 15 heavy (non-hydrogen) atoms. The topological polar surface area (TPSA) is 9.23 Å². The van der Waals surface area contributed by atoms with Crippen molar-refractivity contribution in [1.29, 1.82) is 0 Å². The number of rotatable bonds is 3. The van der Waals surface area contributed by atoms with Crippen LogP contribution in [-0.2, 0) is 0 Å². The molecule has 0 heterocycles. The third-order valence-electron chi connectivity index (χ3n) is 1.79. The second kappa shape index (κ2) is 4.33. The molecule has 0 saturated carbocycles. The minimum Gasteiger partial charge on any atom is -0.486 e. The largest absolute Gasteiger partial charge is 0.486 e. The molecule has 0 aliphatic carbocycles. The Morgan fingerprint density at radius 3 is 2.13 bits per heavy atom. The minimum absolute atomic E-state index is 0.123. The summed E-state index contributed by atoms with van der Waals surface area (Å²) in [5.74, 6) is -7.33. The van der Waals surface area contributed by atoms with Gasteiger partial charge in [0.1, 0.15) is 6.61 Å². The van der Waals surface area contributed by atoms with Gasteiger partial charge in [-0.05, 0) is 6.92 Å². The van der Waals surface area contributed by atoms with Gasteiger partial charge < -0.3 is 4.74 Å². The highest BCUT2D eigenvalue weighted by Crippen LogP contribution is 2.29. The Balaban J connectivity index is 3.31. The van der Waals surface area contributed by atoms with Crippen molar-refractivity contribution in [2.75, 3.05) is 6.61 Å². The van der Waals surface area contributed by atoms with Crippen LogP contribution in [0.2, 0.25) is 0 Å². The average molecular weight is 220 g/mol. The van der Waals surface area contributed by atoms with Crippen LogP contribution in [0, 0.1) is 30.2 Å². The molecule has 0 spiro atoms. The lowest BCUT2D eigenvalue weighted by atomic mass is 10.2. The maximum atomic E-state index is 13.1. The number of benzene rings is 1. The maximum absolute atomic E-state index is 13.1. The van der Waals surface area contributed by atoms with Crippen LogP contribution in [-0.4, -0.2) is 6.61 Å². The van der Waals surface area contributed by atoms with Crippen LogP contribution in [0.3, 0.4) is 0 Å². The highest BCUT2D eigenvalue weighted by Gasteiger charge is 2.23. The summed E-state index contributed by atoms with van der Waals surface area (Å²) in [7, 11) is 0. The number of ether oxygens (including phenoxy) is 1. The fourth-order valence-electron chi connectivity index (χ4n) is 1.04. The van der Waals surface area contributed by atoms with Crippen LogP contribution in [0.1, 0.15) is 5.56 Å². The monoisotopic (exact) mass is 220 g/mol. The summed E-state index contributed by atoms with van der Waals surface area (Å²) in [5.41, 5.74) is -0.409. The van der Waals surface area contributed by atoms with E-state index in [4.69, 9.17) is 4.74 Å². The predicted molar refractivity (Wildman–Crippen MR) is 46.7 cm³/mol. The van der Waals surface area contributed by atoms with Crippen molar-refractivity contribution in [3.63, 3.8) is 0 Å². The summed E-state index contributed by atoms with van der Waals surface area (Å²) in [6.07, 6.45) is 1.28. The van der Waals surface area contributed by atoms with Crippen molar-refractivity contribution < 1.29 is 22.3 Å². The van der Waals surface area contributed by atoms with Gasteiger partial charge in [-0.2, -0.15) is 4.39 Å². The molecule has 0 N–H and O–H groups in total. The maximum Gasteiger partial charge on any atom is 0.204 e. The predicted octanol–water partition coefficient (Wildman–Crippen LogP) is 3.12. The van der Waals surface area contributed by atoms with Crippen molar-refractivity contribution >= 4 is 0 Å². The molecule has 1 aromatic rings. The highest BCUT2D eigenvalue weighted by molar-refractivity contribution is 5.36. The zero-order valence-electron chi connectivity index (χ0n) is 7.91. The molecule has 1 aromatic carbocycles. The Morgan fingerprint density at radius 1 is 1.07 bits per heavy atom. The van der Waals surface area contributed by atoms with Crippen LogP contribution >= 0.6 is 0 Å². The standard InChI is InChI=1S/C10H8F4O/c1-3-4-15-10-5(2)6(11)7(12)8(13)9(10)14/h3H,1,4H2,2H3. The summed E-state index contributed by atoms with van der Waals surface area (Å²) in [5, 5.41) is 0. The molecule has 0 unspecified atom stereocenters. The fourth-order valence-corrected chi connectivity index (χ4v) is 1.04. The molecule has 1 rings (SSSR count). The zero-order chi connectivity index (χ0) is 11.6. The van der Waals surface area contributed by atoms with Crippen LogP contribution in [0.4, 0.5) is 17.6 Å². The lowest BCUT2D eigenvalue weighted by molar-refractivity contribution is 0.313. The Labute approximate surface area is 84.0 Å². The number of hydrogen-bond donors (Lipinski definition) is 0. The molecule has 0 aliphatic rings. The Morgan fingerprint density at radius 2 is 1.60 bits per heavy atom. The van der Waals surface area contributed by atoms with E-state index in [0.29, 0.717) is 0 Å². The molecule has 82 valence electrons. The molecule has 0 saturated heterocycles. The smallest absolute Gasteiger partial charge is 0.204 e. The van der Waals surface area contributed by atoms with Crippen LogP contribution in [0.15, 0.2) is 12.7 Å². The van der Waals surface area contributed by atoms with E-state index in [1.165, 1.54) is 6.08 Å². The third-order valence-corrected chi connectivity index (χ3v) is 1.79. The van der Waals surface area contributed by atoms with Gasteiger partial charge >= 0.3 is 0 Å². The van der Waals surface area contributed by atoms with E-state index in [-0.39, 0.29) is 6.61 Å². The van der Waals surface area contributed by atoms with E-state index in [0.717, 1.165) is 6.92 Å². The zero-order valence-corrected chi connectivity index (χ0v) is 7.91.